The maximum absolute atomic E-state index is 2.52. The smallest absolute Gasteiger partial charge is 0.230 e. The van der Waals surface area contributed by atoms with E-state index >= 15 is 0 Å². The molecule has 0 radical (unpaired) electrons. The quantitative estimate of drug-likeness (QED) is 0.0791. The SMILES string of the molecule is CCCCCCCCCCCCCCCCCC[n+]1ccn(CCCCCCCCCC)c1-c1ccccc1. The Bertz CT molecular complexity index is 778. The van der Waals surface area contributed by atoms with Gasteiger partial charge in [0.15, 0.2) is 0 Å². The van der Waals surface area contributed by atoms with E-state index in [1.165, 1.54) is 165 Å². The van der Waals surface area contributed by atoms with Crippen molar-refractivity contribution in [2.45, 2.75) is 181 Å². The second-order valence-electron chi connectivity index (χ2n) is 12.2. The average Bonchev–Trinajstić information content (AvgIpc) is 3.37. The number of unbranched alkanes of at least 4 members (excludes halogenated alkanes) is 22. The molecule has 1 aromatic heterocycles. The number of aryl methyl sites for hydroxylation is 2. The molecule has 39 heavy (non-hydrogen) atoms. The van der Waals surface area contributed by atoms with Gasteiger partial charge in [-0.3, -0.25) is 0 Å². The van der Waals surface area contributed by atoms with Crippen LogP contribution in [0.5, 0.6) is 0 Å². The fourth-order valence-corrected chi connectivity index (χ4v) is 5.99. The predicted octanol–water partition coefficient (Wildman–Crippen LogP) is 11.8. The molecule has 0 aliphatic carbocycles. The highest BCUT2D eigenvalue weighted by Gasteiger charge is 2.18. The number of hydrogen-bond acceptors (Lipinski definition) is 0. The van der Waals surface area contributed by atoms with Gasteiger partial charge in [0.2, 0.25) is 0 Å². The Labute approximate surface area is 244 Å². The summed E-state index contributed by atoms with van der Waals surface area (Å²) in [5, 5.41) is 0. The van der Waals surface area contributed by atoms with Crippen LogP contribution < -0.4 is 4.57 Å². The van der Waals surface area contributed by atoms with Crippen molar-refractivity contribution in [2.75, 3.05) is 0 Å². The highest BCUT2D eigenvalue weighted by Crippen LogP contribution is 2.18. The van der Waals surface area contributed by atoms with Crippen LogP contribution in [0.3, 0.4) is 0 Å². The van der Waals surface area contributed by atoms with E-state index in [-0.39, 0.29) is 0 Å². The van der Waals surface area contributed by atoms with Gasteiger partial charge < -0.3 is 0 Å². The maximum atomic E-state index is 2.52. The van der Waals surface area contributed by atoms with Gasteiger partial charge in [-0.25, -0.2) is 9.13 Å². The Balaban J connectivity index is 1.57. The molecule has 0 bridgehead atoms. The molecule has 1 aromatic carbocycles. The van der Waals surface area contributed by atoms with Gasteiger partial charge in [-0.15, -0.1) is 0 Å². The fraction of sp³-hybridized carbons (Fsp3) is 0.757. The van der Waals surface area contributed by atoms with Crippen LogP contribution in [0.4, 0.5) is 0 Å². The van der Waals surface area contributed by atoms with Gasteiger partial charge >= 0.3 is 0 Å². The summed E-state index contributed by atoms with van der Waals surface area (Å²) in [5.74, 6) is 1.40. The van der Waals surface area contributed by atoms with Crippen molar-refractivity contribution in [3.8, 4) is 11.4 Å². The van der Waals surface area contributed by atoms with Crippen LogP contribution in [0.25, 0.3) is 11.4 Å². The lowest BCUT2D eigenvalue weighted by molar-refractivity contribution is -0.686. The third-order valence-electron chi connectivity index (χ3n) is 8.51. The first kappa shape index (κ1) is 33.6. The number of rotatable bonds is 27. The van der Waals surface area contributed by atoms with Crippen molar-refractivity contribution in [2.24, 2.45) is 0 Å². The normalized spacial score (nSPS) is 11.4. The first-order chi connectivity index (χ1) is 19.4. The second kappa shape index (κ2) is 24.2. The molecule has 0 spiro atoms. The zero-order valence-electron chi connectivity index (χ0n) is 26.3. The van der Waals surface area contributed by atoms with E-state index in [1.54, 1.807) is 0 Å². The molecule has 0 atom stereocenters. The molecule has 222 valence electrons. The van der Waals surface area contributed by atoms with E-state index in [0.29, 0.717) is 0 Å². The van der Waals surface area contributed by atoms with Crippen molar-refractivity contribution in [1.82, 2.24) is 4.57 Å². The molecule has 2 heteroatoms. The van der Waals surface area contributed by atoms with E-state index in [2.05, 4.69) is 65.7 Å². The molecule has 0 aliphatic heterocycles. The van der Waals surface area contributed by atoms with Crippen LogP contribution in [0.15, 0.2) is 42.7 Å². The van der Waals surface area contributed by atoms with Crippen LogP contribution in [0.1, 0.15) is 168 Å². The minimum absolute atomic E-state index is 1.14. The lowest BCUT2D eigenvalue weighted by Crippen LogP contribution is -2.34. The Morgan fingerprint density at radius 1 is 0.487 bits per heavy atom. The number of aromatic nitrogens is 2. The summed E-state index contributed by atoms with van der Waals surface area (Å²) in [4.78, 5) is 0. The summed E-state index contributed by atoms with van der Waals surface area (Å²) in [6.45, 7) is 6.89. The van der Waals surface area contributed by atoms with Gasteiger partial charge in [-0.05, 0) is 37.8 Å². The summed E-state index contributed by atoms with van der Waals surface area (Å²) >= 11 is 0. The molecule has 0 saturated carbocycles. The molecule has 1 heterocycles. The minimum Gasteiger partial charge on any atom is -0.230 e. The zero-order valence-corrected chi connectivity index (χ0v) is 26.3. The van der Waals surface area contributed by atoms with Crippen molar-refractivity contribution in [3.05, 3.63) is 42.7 Å². The van der Waals surface area contributed by atoms with Gasteiger partial charge in [-0.2, -0.15) is 0 Å². The van der Waals surface area contributed by atoms with Crippen LogP contribution in [0, 0.1) is 0 Å². The summed E-state index contributed by atoms with van der Waals surface area (Å²) < 4.78 is 5.03. The summed E-state index contributed by atoms with van der Waals surface area (Å²) in [5.41, 5.74) is 1.36. The molecule has 0 amide bonds. The molecular weight excluding hydrogens is 472 g/mol. The van der Waals surface area contributed by atoms with E-state index in [4.69, 9.17) is 0 Å². The van der Waals surface area contributed by atoms with Crippen molar-refractivity contribution in [1.29, 1.82) is 0 Å². The molecule has 0 saturated heterocycles. The predicted molar refractivity (Wildman–Crippen MR) is 172 cm³/mol. The third kappa shape index (κ3) is 16.3. The average molecular weight is 538 g/mol. The number of hydrogen-bond donors (Lipinski definition) is 0. The van der Waals surface area contributed by atoms with E-state index in [9.17, 15) is 0 Å². The zero-order chi connectivity index (χ0) is 27.6. The Hall–Kier alpha value is -1.57. The van der Waals surface area contributed by atoms with Crippen LogP contribution in [0.2, 0.25) is 0 Å². The van der Waals surface area contributed by atoms with Crippen molar-refractivity contribution >= 4 is 0 Å². The lowest BCUT2D eigenvalue weighted by atomic mass is 10.0. The van der Waals surface area contributed by atoms with Crippen LogP contribution in [-0.2, 0) is 13.1 Å². The van der Waals surface area contributed by atoms with Crippen LogP contribution >= 0.6 is 0 Å². The molecule has 2 nitrogen and oxygen atoms in total. The minimum atomic E-state index is 1.14. The highest BCUT2D eigenvalue weighted by atomic mass is 15.1. The largest absolute Gasteiger partial charge is 0.288 e. The fourth-order valence-electron chi connectivity index (χ4n) is 5.99. The topological polar surface area (TPSA) is 8.81 Å². The van der Waals surface area contributed by atoms with Gasteiger partial charge in [0.25, 0.3) is 5.82 Å². The van der Waals surface area contributed by atoms with Crippen LogP contribution in [-0.4, -0.2) is 4.57 Å². The Morgan fingerprint density at radius 3 is 1.36 bits per heavy atom. The number of benzene rings is 1. The van der Waals surface area contributed by atoms with Crippen molar-refractivity contribution < 1.29 is 4.57 Å². The van der Waals surface area contributed by atoms with E-state index in [1.807, 2.05) is 0 Å². The van der Waals surface area contributed by atoms with E-state index in [0.717, 1.165) is 13.1 Å². The summed E-state index contributed by atoms with van der Waals surface area (Å²) in [6, 6.07) is 11.1. The molecule has 0 unspecified atom stereocenters. The number of imidazole rings is 1. The Morgan fingerprint density at radius 2 is 0.897 bits per heavy atom. The van der Waals surface area contributed by atoms with Gasteiger partial charge in [0, 0.05) is 0 Å². The lowest BCUT2D eigenvalue weighted by Gasteiger charge is -2.07. The molecule has 2 rings (SSSR count). The molecule has 2 aromatic rings. The summed E-state index contributed by atoms with van der Waals surface area (Å²) in [7, 11) is 0. The molecular formula is C37H65N2+. The first-order valence-electron chi connectivity index (χ1n) is 17.5. The van der Waals surface area contributed by atoms with Crippen molar-refractivity contribution in [3.63, 3.8) is 0 Å². The number of nitrogens with zero attached hydrogens (tertiary/aromatic N) is 2. The highest BCUT2D eigenvalue weighted by molar-refractivity contribution is 5.52. The van der Waals surface area contributed by atoms with E-state index < -0.39 is 0 Å². The summed E-state index contributed by atoms with van der Waals surface area (Å²) in [6.07, 6.45) is 38.6. The first-order valence-corrected chi connectivity index (χ1v) is 17.5. The maximum Gasteiger partial charge on any atom is 0.288 e. The third-order valence-corrected chi connectivity index (χ3v) is 8.51. The van der Waals surface area contributed by atoms with Gasteiger partial charge in [-0.1, -0.05) is 160 Å². The second-order valence-corrected chi connectivity index (χ2v) is 12.2. The molecule has 0 fully saturated rings. The monoisotopic (exact) mass is 538 g/mol. The van der Waals surface area contributed by atoms with Gasteiger partial charge in [0.1, 0.15) is 12.4 Å². The molecule has 0 aliphatic rings. The van der Waals surface area contributed by atoms with Gasteiger partial charge in [0.05, 0.1) is 18.7 Å². The molecule has 0 N–H and O–H groups in total. The Kier molecular flexibility index (Phi) is 20.9. The standard InChI is InChI=1S/C37H65N2/c1-3-5-7-9-11-13-14-15-16-17-18-19-20-22-24-29-33-39-35-34-38(37(39)36-30-26-25-27-31-36)32-28-23-21-12-10-8-6-4-2/h25-27,30-31,34-35H,3-24,28-29,32-33H2,1-2H3/q+1.